The van der Waals surface area contributed by atoms with Gasteiger partial charge in [0.2, 0.25) is 0 Å². The zero-order valence-electron chi connectivity index (χ0n) is 31.7. The van der Waals surface area contributed by atoms with Gasteiger partial charge < -0.3 is 4.42 Å². The van der Waals surface area contributed by atoms with Crippen molar-refractivity contribution in [2.24, 2.45) is 5.92 Å². The van der Waals surface area contributed by atoms with Crippen LogP contribution in [-0.4, -0.2) is 9.97 Å². The molecule has 9 rings (SSSR count). The second-order valence-electron chi connectivity index (χ2n) is 15.1. The number of aryl methyl sites for hydroxylation is 2. The molecule has 3 aromatic heterocycles. The average Bonchev–Trinajstić information content (AvgIpc) is 3.62. The molecule has 3 nitrogen and oxygen atoms in total. The van der Waals surface area contributed by atoms with E-state index in [9.17, 15) is 0 Å². The van der Waals surface area contributed by atoms with Crippen molar-refractivity contribution in [1.82, 2.24) is 9.97 Å². The minimum atomic E-state index is 0.439. The molecule has 0 radical (unpaired) electrons. The summed E-state index contributed by atoms with van der Waals surface area (Å²) in [5.74, 6) is 0.439. The van der Waals surface area contributed by atoms with Crippen molar-refractivity contribution >= 4 is 21.9 Å². The van der Waals surface area contributed by atoms with Gasteiger partial charge in [0, 0.05) is 33.0 Å². The van der Waals surface area contributed by atoms with Crippen LogP contribution in [-0.2, 0) is 25.7 Å². The number of aromatic nitrogens is 2. The van der Waals surface area contributed by atoms with E-state index >= 15 is 0 Å². The Labute approximate surface area is 329 Å². The zero-order chi connectivity index (χ0) is 37.7. The quantitative estimate of drug-likeness (QED) is 0.126. The van der Waals surface area contributed by atoms with Crippen LogP contribution in [0.5, 0.6) is 0 Å². The van der Waals surface area contributed by atoms with Crippen LogP contribution in [0, 0.1) is 5.92 Å². The zero-order valence-corrected chi connectivity index (χ0v) is 31.7. The number of hydrogen-bond acceptors (Lipinski definition) is 3. The normalized spacial score (nSPS) is 11.9. The van der Waals surface area contributed by atoms with Crippen molar-refractivity contribution in [2.75, 3.05) is 0 Å². The van der Waals surface area contributed by atoms with Gasteiger partial charge in [-0.25, -0.2) is 9.97 Å². The summed E-state index contributed by atoms with van der Waals surface area (Å²) in [5.41, 5.74) is 15.8. The summed E-state index contributed by atoms with van der Waals surface area (Å²) in [5, 5.41) is 2.39. The minimum Gasteiger partial charge on any atom is -0.456 e. The molecule has 56 heavy (non-hydrogen) atoms. The summed E-state index contributed by atoms with van der Waals surface area (Å²) in [7, 11) is 0. The van der Waals surface area contributed by atoms with E-state index < -0.39 is 0 Å². The largest absolute Gasteiger partial charge is 0.456 e. The fraction of sp³-hybridized carbons (Fsp3) is 0.132. The maximum atomic E-state index is 6.34. The van der Waals surface area contributed by atoms with Crippen molar-refractivity contribution in [3.8, 4) is 45.0 Å². The van der Waals surface area contributed by atoms with E-state index in [2.05, 4.69) is 189 Å². The van der Waals surface area contributed by atoms with Gasteiger partial charge in [0.05, 0.1) is 22.8 Å². The highest BCUT2D eigenvalue weighted by molar-refractivity contribution is 6.05. The number of pyridine rings is 2. The SMILES string of the molecule is CC(Cc1cc(-c2ccccc2)nc(-c2ccccc2)c1)Cc1ccc2oc3ccc(CCCc4cc(-c5ccccc5)nc(-c5ccccc5)c4)cc3c2c1. The Hall–Kier alpha value is -6.58. The predicted octanol–water partition coefficient (Wildman–Crippen LogP) is 13.6. The van der Waals surface area contributed by atoms with Crippen LogP contribution < -0.4 is 0 Å². The summed E-state index contributed by atoms with van der Waals surface area (Å²) >= 11 is 0. The molecule has 3 heterocycles. The number of nitrogens with zero attached hydrogens (tertiary/aromatic N) is 2. The molecule has 0 fully saturated rings. The molecule has 272 valence electrons. The Morgan fingerprint density at radius 1 is 0.393 bits per heavy atom. The van der Waals surface area contributed by atoms with Crippen LogP contribution in [0.4, 0.5) is 0 Å². The van der Waals surface area contributed by atoms with Gasteiger partial charge in [-0.2, -0.15) is 0 Å². The molecule has 0 spiro atoms. The van der Waals surface area contributed by atoms with E-state index in [0.29, 0.717) is 5.92 Å². The molecule has 0 saturated carbocycles. The number of hydrogen-bond donors (Lipinski definition) is 0. The number of benzene rings is 6. The molecular formula is C53H44N2O. The molecule has 0 amide bonds. The highest BCUT2D eigenvalue weighted by Crippen LogP contribution is 2.33. The lowest BCUT2D eigenvalue weighted by molar-refractivity contribution is 0.577. The van der Waals surface area contributed by atoms with Crippen molar-refractivity contribution in [2.45, 2.75) is 39.0 Å². The average molecular weight is 725 g/mol. The van der Waals surface area contributed by atoms with Crippen LogP contribution in [0.2, 0.25) is 0 Å². The Balaban J connectivity index is 0.922. The van der Waals surface area contributed by atoms with E-state index in [0.717, 1.165) is 88.3 Å². The first kappa shape index (κ1) is 35.1. The lowest BCUT2D eigenvalue weighted by atomic mass is 9.92. The Bertz CT molecular complexity index is 2600. The molecule has 3 heteroatoms. The molecule has 9 aromatic rings. The summed E-state index contributed by atoms with van der Waals surface area (Å²) in [4.78, 5) is 10.1. The van der Waals surface area contributed by atoms with E-state index in [1.807, 2.05) is 0 Å². The standard InChI is InChI=1S/C53H44N2O/c1-37(30-41-35-50(44-21-10-4-11-22-44)55-51(36-41)45-23-12-5-13-24-45)29-40-26-28-53-47(32-40)46-31-38(25-27-52(46)56-53)15-14-16-39-33-48(42-17-6-2-7-18-42)54-49(34-39)43-19-8-3-9-20-43/h2-13,17-28,31-37H,14-16,29-30H2,1H3. The van der Waals surface area contributed by atoms with Gasteiger partial charge in [0.1, 0.15) is 11.2 Å². The first-order chi connectivity index (χ1) is 27.6. The van der Waals surface area contributed by atoms with E-state index in [1.54, 1.807) is 0 Å². The third kappa shape index (κ3) is 7.94. The Morgan fingerprint density at radius 2 is 0.768 bits per heavy atom. The van der Waals surface area contributed by atoms with E-state index in [-0.39, 0.29) is 0 Å². The van der Waals surface area contributed by atoms with Crippen LogP contribution in [0.3, 0.4) is 0 Å². The van der Waals surface area contributed by atoms with Gasteiger partial charge >= 0.3 is 0 Å². The van der Waals surface area contributed by atoms with Gasteiger partial charge in [-0.3, -0.25) is 0 Å². The monoisotopic (exact) mass is 724 g/mol. The fourth-order valence-corrected chi connectivity index (χ4v) is 7.99. The Morgan fingerprint density at radius 3 is 1.23 bits per heavy atom. The molecule has 0 saturated heterocycles. The maximum Gasteiger partial charge on any atom is 0.135 e. The highest BCUT2D eigenvalue weighted by atomic mass is 16.3. The molecular weight excluding hydrogens is 681 g/mol. The molecule has 0 bridgehead atoms. The van der Waals surface area contributed by atoms with Gasteiger partial charge in [-0.1, -0.05) is 140 Å². The van der Waals surface area contributed by atoms with Crippen molar-refractivity contribution in [3.63, 3.8) is 0 Å². The van der Waals surface area contributed by atoms with Crippen molar-refractivity contribution in [1.29, 1.82) is 0 Å². The van der Waals surface area contributed by atoms with Crippen LogP contribution in [0.25, 0.3) is 67.0 Å². The third-order valence-electron chi connectivity index (χ3n) is 10.7. The van der Waals surface area contributed by atoms with Gasteiger partial charge in [0.25, 0.3) is 0 Å². The molecule has 0 N–H and O–H groups in total. The fourth-order valence-electron chi connectivity index (χ4n) is 7.99. The van der Waals surface area contributed by atoms with Crippen molar-refractivity contribution < 1.29 is 4.42 Å². The first-order valence-electron chi connectivity index (χ1n) is 19.8. The molecule has 0 aliphatic heterocycles. The smallest absolute Gasteiger partial charge is 0.135 e. The van der Waals surface area contributed by atoms with Gasteiger partial charge in [-0.15, -0.1) is 0 Å². The Kier molecular flexibility index (Phi) is 10.1. The maximum absolute atomic E-state index is 6.34. The summed E-state index contributed by atoms with van der Waals surface area (Å²) < 4.78 is 6.34. The van der Waals surface area contributed by atoms with Crippen LogP contribution >= 0.6 is 0 Å². The lowest BCUT2D eigenvalue weighted by Gasteiger charge is -2.15. The second-order valence-corrected chi connectivity index (χ2v) is 15.1. The highest BCUT2D eigenvalue weighted by Gasteiger charge is 2.14. The third-order valence-corrected chi connectivity index (χ3v) is 10.7. The van der Waals surface area contributed by atoms with E-state index in [4.69, 9.17) is 14.4 Å². The topological polar surface area (TPSA) is 38.9 Å². The lowest BCUT2D eigenvalue weighted by Crippen LogP contribution is -2.05. The number of furan rings is 1. The molecule has 6 aromatic carbocycles. The van der Waals surface area contributed by atoms with Gasteiger partial charge in [-0.05, 0) is 109 Å². The molecule has 1 unspecified atom stereocenters. The molecule has 1 atom stereocenters. The minimum absolute atomic E-state index is 0.439. The number of rotatable bonds is 12. The molecule has 0 aliphatic carbocycles. The van der Waals surface area contributed by atoms with Crippen molar-refractivity contribution in [3.05, 3.63) is 204 Å². The summed E-state index contributed by atoms with van der Waals surface area (Å²) in [6.07, 6.45) is 4.96. The van der Waals surface area contributed by atoms with Gasteiger partial charge in [0.15, 0.2) is 0 Å². The number of fused-ring (bicyclic) bond motifs is 3. The predicted molar refractivity (Wildman–Crippen MR) is 233 cm³/mol. The van der Waals surface area contributed by atoms with Crippen LogP contribution in [0.15, 0.2) is 186 Å². The second kappa shape index (κ2) is 16.0. The van der Waals surface area contributed by atoms with E-state index in [1.165, 1.54) is 33.0 Å². The first-order valence-corrected chi connectivity index (χ1v) is 19.8. The molecule has 0 aliphatic rings. The summed E-state index contributed by atoms with van der Waals surface area (Å²) in [6.45, 7) is 2.36. The summed E-state index contributed by atoms with van der Waals surface area (Å²) in [6, 6.07) is 64.5. The van der Waals surface area contributed by atoms with Crippen LogP contribution in [0.1, 0.15) is 35.6 Å².